The lowest BCUT2D eigenvalue weighted by molar-refractivity contribution is -0.121. The molecule has 0 radical (unpaired) electrons. The Morgan fingerprint density at radius 2 is 2.15 bits per heavy atom. The summed E-state index contributed by atoms with van der Waals surface area (Å²) in [6.45, 7) is 5.20. The summed E-state index contributed by atoms with van der Waals surface area (Å²) in [6, 6.07) is 10.5. The van der Waals surface area contributed by atoms with E-state index in [-0.39, 0.29) is 5.91 Å². The molecule has 1 atom stereocenters. The van der Waals surface area contributed by atoms with Gasteiger partial charge in [0.15, 0.2) is 0 Å². The summed E-state index contributed by atoms with van der Waals surface area (Å²) in [5.41, 5.74) is 3.81. The highest BCUT2D eigenvalue weighted by molar-refractivity contribution is 5.75. The first-order valence-corrected chi connectivity index (χ1v) is 9.64. The monoisotopic (exact) mass is 354 g/mol. The number of rotatable bonds is 8. The second kappa shape index (κ2) is 8.99. The summed E-state index contributed by atoms with van der Waals surface area (Å²) in [6.07, 6.45) is 6.33. The quantitative estimate of drug-likeness (QED) is 0.742. The molecule has 0 fully saturated rings. The van der Waals surface area contributed by atoms with Crippen LogP contribution < -0.4 is 5.32 Å². The van der Waals surface area contributed by atoms with Crippen molar-refractivity contribution < 1.29 is 4.79 Å². The van der Waals surface area contributed by atoms with Crippen molar-refractivity contribution in [3.63, 3.8) is 0 Å². The van der Waals surface area contributed by atoms with Gasteiger partial charge in [-0.2, -0.15) is 5.10 Å². The zero-order valence-electron chi connectivity index (χ0n) is 15.9. The van der Waals surface area contributed by atoms with Gasteiger partial charge in [-0.25, -0.2) is 0 Å². The van der Waals surface area contributed by atoms with Crippen LogP contribution in [0.3, 0.4) is 0 Å². The lowest BCUT2D eigenvalue weighted by Crippen LogP contribution is -2.30. The molecule has 1 aromatic carbocycles. The van der Waals surface area contributed by atoms with Gasteiger partial charge in [0, 0.05) is 19.3 Å². The van der Waals surface area contributed by atoms with Crippen LogP contribution in [0.5, 0.6) is 0 Å². The summed E-state index contributed by atoms with van der Waals surface area (Å²) >= 11 is 0. The van der Waals surface area contributed by atoms with E-state index in [1.807, 2.05) is 6.07 Å². The van der Waals surface area contributed by atoms with Gasteiger partial charge < -0.3 is 10.2 Å². The Labute approximate surface area is 156 Å². The maximum atomic E-state index is 12.1. The third-order valence-electron chi connectivity index (χ3n) is 5.01. The van der Waals surface area contributed by atoms with E-state index in [9.17, 15) is 4.79 Å². The number of amides is 1. The number of hydrogen-bond donors (Lipinski definition) is 1. The number of hydrogen-bond acceptors (Lipinski definition) is 3. The topological polar surface area (TPSA) is 50.2 Å². The van der Waals surface area contributed by atoms with Crippen LogP contribution in [0.15, 0.2) is 36.5 Å². The highest BCUT2D eigenvalue weighted by Crippen LogP contribution is 2.23. The van der Waals surface area contributed by atoms with Crippen LogP contribution in [0.1, 0.15) is 36.6 Å². The normalized spacial score (nSPS) is 16.5. The minimum Gasteiger partial charge on any atom is -0.354 e. The average Bonchev–Trinajstić information content (AvgIpc) is 3.01. The standard InChI is InChI=1S/C21H30N4O/c1-17-9-10-20-19(13-17)15-25(23-20)16-21(26)22-11-6-12-24(2)14-18-7-4-3-5-8-18/h3-5,7-8,15,17H,6,9-14,16H2,1-2H3,(H,22,26). The summed E-state index contributed by atoms with van der Waals surface area (Å²) in [4.78, 5) is 14.4. The molecule has 5 nitrogen and oxygen atoms in total. The number of fused-ring (bicyclic) bond motifs is 1. The minimum absolute atomic E-state index is 0.0450. The predicted molar refractivity (Wildman–Crippen MR) is 104 cm³/mol. The average molecular weight is 354 g/mol. The van der Waals surface area contributed by atoms with E-state index in [0.29, 0.717) is 13.1 Å². The number of aryl methyl sites for hydroxylation is 1. The van der Waals surface area contributed by atoms with Crippen molar-refractivity contribution in [2.75, 3.05) is 20.1 Å². The van der Waals surface area contributed by atoms with Gasteiger partial charge in [0.2, 0.25) is 5.91 Å². The highest BCUT2D eigenvalue weighted by Gasteiger charge is 2.19. The van der Waals surface area contributed by atoms with Gasteiger partial charge in [-0.1, -0.05) is 37.3 Å². The van der Waals surface area contributed by atoms with Crippen molar-refractivity contribution in [2.24, 2.45) is 5.92 Å². The first kappa shape index (κ1) is 18.6. The van der Waals surface area contributed by atoms with E-state index in [1.165, 1.54) is 23.2 Å². The number of carbonyl (C=O) groups is 1. The van der Waals surface area contributed by atoms with Gasteiger partial charge in [-0.3, -0.25) is 9.48 Å². The molecule has 0 aliphatic heterocycles. The zero-order chi connectivity index (χ0) is 18.4. The SMILES string of the molecule is CC1CCc2nn(CC(=O)NCCCN(C)Cc3ccccc3)cc2C1. The molecule has 0 bridgehead atoms. The number of benzene rings is 1. The molecule has 1 N–H and O–H groups in total. The van der Waals surface area contributed by atoms with E-state index in [2.05, 4.69) is 59.7 Å². The minimum atomic E-state index is 0.0450. The molecule has 0 saturated carbocycles. The number of nitrogens with one attached hydrogen (secondary N) is 1. The zero-order valence-corrected chi connectivity index (χ0v) is 15.9. The smallest absolute Gasteiger partial charge is 0.241 e. The molecule has 1 amide bonds. The van der Waals surface area contributed by atoms with Crippen molar-refractivity contribution >= 4 is 5.91 Å². The molecule has 26 heavy (non-hydrogen) atoms. The van der Waals surface area contributed by atoms with E-state index in [0.717, 1.165) is 38.3 Å². The van der Waals surface area contributed by atoms with Gasteiger partial charge in [0.05, 0.1) is 5.69 Å². The van der Waals surface area contributed by atoms with Gasteiger partial charge in [0.25, 0.3) is 0 Å². The largest absolute Gasteiger partial charge is 0.354 e. The molecule has 2 aromatic rings. The number of aromatic nitrogens is 2. The molecule has 1 unspecified atom stereocenters. The van der Waals surface area contributed by atoms with Crippen molar-refractivity contribution in [3.05, 3.63) is 53.3 Å². The fourth-order valence-corrected chi connectivity index (χ4v) is 3.58. The Balaban J connectivity index is 1.34. The van der Waals surface area contributed by atoms with Crippen LogP contribution >= 0.6 is 0 Å². The number of carbonyl (C=O) groups excluding carboxylic acids is 1. The summed E-state index contributed by atoms with van der Waals surface area (Å²) in [7, 11) is 2.12. The van der Waals surface area contributed by atoms with E-state index in [1.54, 1.807) is 4.68 Å². The molecule has 3 rings (SSSR count). The van der Waals surface area contributed by atoms with E-state index >= 15 is 0 Å². The molecule has 1 aromatic heterocycles. The Morgan fingerprint density at radius 3 is 2.96 bits per heavy atom. The van der Waals surface area contributed by atoms with Crippen LogP contribution in [0.2, 0.25) is 0 Å². The second-order valence-corrected chi connectivity index (χ2v) is 7.57. The van der Waals surface area contributed by atoms with Crippen LogP contribution in [-0.2, 0) is 30.7 Å². The fraction of sp³-hybridized carbons (Fsp3) is 0.524. The van der Waals surface area contributed by atoms with Crippen molar-refractivity contribution in [1.29, 1.82) is 0 Å². The summed E-state index contributed by atoms with van der Waals surface area (Å²) in [5, 5.41) is 7.59. The molecule has 0 spiro atoms. The van der Waals surface area contributed by atoms with Crippen LogP contribution in [0.4, 0.5) is 0 Å². The Bertz CT molecular complexity index is 710. The maximum absolute atomic E-state index is 12.1. The van der Waals surface area contributed by atoms with Crippen molar-refractivity contribution in [3.8, 4) is 0 Å². The van der Waals surface area contributed by atoms with E-state index < -0.39 is 0 Å². The third kappa shape index (κ3) is 5.43. The Morgan fingerprint density at radius 1 is 1.35 bits per heavy atom. The summed E-state index contributed by atoms with van der Waals surface area (Å²) < 4.78 is 1.81. The lowest BCUT2D eigenvalue weighted by atomic mass is 9.89. The van der Waals surface area contributed by atoms with Gasteiger partial charge in [-0.05, 0) is 56.3 Å². The predicted octanol–water partition coefficient (Wildman–Crippen LogP) is 2.65. The van der Waals surface area contributed by atoms with E-state index in [4.69, 9.17) is 0 Å². The third-order valence-corrected chi connectivity index (χ3v) is 5.01. The lowest BCUT2D eigenvalue weighted by Gasteiger charge is -2.16. The van der Waals surface area contributed by atoms with Gasteiger partial charge in [0.1, 0.15) is 6.54 Å². The molecular weight excluding hydrogens is 324 g/mol. The maximum Gasteiger partial charge on any atom is 0.241 e. The molecule has 1 heterocycles. The van der Waals surface area contributed by atoms with Gasteiger partial charge in [-0.15, -0.1) is 0 Å². The number of nitrogens with zero attached hydrogens (tertiary/aromatic N) is 3. The summed E-state index contributed by atoms with van der Waals surface area (Å²) in [5.74, 6) is 0.769. The van der Waals surface area contributed by atoms with Gasteiger partial charge >= 0.3 is 0 Å². The van der Waals surface area contributed by atoms with Crippen LogP contribution in [0.25, 0.3) is 0 Å². The fourth-order valence-electron chi connectivity index (χ4n) is 3.58. The molecule has 5 heteroatoms. The molecule has 0 saturated heterocycles. The van der Waals surface area contributed by atoms with Crippen molar-refractivity contribution in [1.82, 2.24) is 20.0 Å². The first-order valence-electron chi connectivity index (χ1n) is 9.64. The molecule has 1 aliphatic rings. The Hall–Kier alpha value is -2.14. The van der Waals surface area contributed by atoms with Crippen molar-refractivity contribution in [2.45, 2.75) is 45.7 Å². The first-order chi connectivity index (χ1) is 12.6. The second-order valence-electron chi connectivity index (χ2n) is 7.57. The molecule has 140 valence electrons. The Kier molecular flexibility index (Phi) is 6.45. The molecular formula is C21H30N4O. The van der Waals surface area contributed by atoms with Crippen LogP contribution in [0, 0.1) is 5.92 Å². The molecule has 1 aliphatic carbocycles. The van der Waals surface area contributed by atoms with Crippen LogP contribution in [-0.4, -0.2) is 40.7 Å². The highest BCUT2D eigenvalue weighted by atomic mass is 16.2.